The number of hydrogen-bond acceptors (Lipinski definition) is 4. The van der Waals surface area contributed by atoms with Crippen LogP contribution in [0.15, 0.2) is 18.6 Å². The molecule has 17 heavy (non-hydrogen) atoms. The summed E-state index contributed by atoms with van der Waals surface area (Å²) in [7, 11) is 0. The van der Waals surface area contributed by atoms with Crippen LogP contribution in [0.2, 0.25) is 0 Å². The maximum absolute atomic E-state index is 11.7. The summed E-state index contributed by atoms with van der Waals surface area (Å²) < 4.78 is 0. The van der Waals surface area contributed by atoms with Gasteiger partial charge < -0.3 is 10.4 Å². The summed E-state index contributed by atoms with van der Waals surface area (Å²) in [6.45, 7) is 3.79. The Morgan fingerprint density at radius 3 is 2.59 bits per heavy atom. The van der Waals surface area contributed by atoms with Crippen LogP contribution in [-0.4, -0.2) is 33.0 Å². The lowest BCUT2D eigenvalue weighted by Gasteiger charge is -2.15. The first kappa shape index (κ1) is 13.1. The van der Waals surface area contributed by atoms with Gasteiger partial charge in [0.2, 0.25) is 0 Å². The van der Waals surface area contributed by atoms with Crippen molar-refractivity contribution in [1.29, 1.82) is 0 Å². The number of carboxylic acid groups (broad SMARTS) is 1. The molecule has 0 aliphatic heterocycles. The summed E-state index contributed by atoms with van der Waals surface area (Å²) >= 11 is 0. The molecular weight excluding hydrogens is 222 g/mol. The molecule has 0 radical (unpaired) electrons. The Kier molecular flexibility index (Phi) is 4.56. The monoisotopic (exact) mass is 237 g/mol. The van der Waals surface area contributed by atoms with Gasteiger partial charge in [-0.05, 0) is 12.3 Å². The highest BCUT2D eigenvalue weighted by Gasteiger charge is 2.22. The van der Waals surface area contributed by atoms with E-state index in [1.54, 1.807) is 0 Å². The summed E-state index contributed by atoms with van der Waals surface area (Å²) in [6, 6.07) is -0.899. The van der Waals surface area contributed by atoms with Gasteiger partial charge in [-0.15, -0.1) is 0 Å². The minimum Gasteiger partial charge on any atom is -0.480 e. The van der Waals surface area contributed by atoms with Crippen molar-refractivity contribution < 1.29 is 14.7 Å². The number of amides is 1. The zero-order valence-corrected chi connectivity index (χ0v) is 9.75. The number of hydrogen-bond donors (Lipinski definition) is 2. The maximum Gasteiger partial charge on any atom is 0.326 e. The first-order chi connectivity index (χ1) is 8.00. The highest BCUT2D eigenvalue weighted by molar-refractivity contribution is 5.94. The van der Waals surface area contributed by atoms with Crippen LogP contribution in [0.4, 0.5) is 0 Å². The third-order valence-corrected chi connectivity index (χ3v) is 2.11. The number of carbonyl (C=O) groups excluding carboxylic acids is 1. The van der Waals surface area contributed by atoms with Crippen molar-refractivity contribution in [3.63, 3.8) is 0 Å². The number of carboxylic acids is 1. The molecule has 0 aliphatic rings. The third-order valence-electron chi connectivity index (χ3n) is 2.11. The molecule has 0 aromatic carbocycles. The topological polar surface area (TPSA) is 92.2 Å². The molecule has 1 aromatic heterocycles. The molecule has 0 bridgehead atoms. The van der Waals surface area contributed by atoms with Gasteiger partial charge in [0, 0.05) is 12.4 Å². The van der Waals surface area contributed by atoms with Crippen molar-refractivity contribution in [1.82, 2.24) is 15.3 Å². The van der Waals surface area contributed by atoms with E-state index < -0.39 is 17.9 Å². The number of aliphatic carboxylic acids is 1. The highest BCUT2D eigenvalue weighted by Crippen LogP contribution is 2.05. The second-order valence-electron chi connectivity index (χ2n) is 4.08. The molecule has 2 N–H and O–H groups in total. The fourth-order valence-corrected chi connectivity index (χ4v) is 1.34. The first-order valence-electron chi connectivity index (χ1n) is 5.30. The van der Waals surface area contributed by atoms with Crippen LogP contribution in [0.5, 0.6) is 0 Å². The van der Waals surface area contributed by atoms with Gasteiger partial charge in [0.1, 0.15) is 11.7 Å². The largest absolute Gasteiger partial charge is 0.480 e. The van der Waals surface area contributed by atoms with Crippen LogP contribution in [0.1, 0.15) is 30.8 Å². The van der Waals surface area contributed by atoms with Crippen molar-refractivity contribution in [2.45, 2.75) is 26.3 Å². The van der Waals surface area contributed by atoms with E-state index in [1.165, 1.54) is 18.6 Å². The average Bonchev–Trinajstić information content (AvgIpc) is 2.28. The lowest BCUT2D eigenvalue weighted by atomic mass is 10.0. The number of carbonyl (C=O) groups is 2. The van der Waals surface area contributed by atoms with Gasteiger partial charge in [0.15, 0.2) is 0 Å². The Morgan fingerprint density at radius 2 is 2.12 bits per heavy atom. The lowest BCUT2D eigenvalue weighted by molar-refractivity contribution is -0.139. The zero-order chi connectivity index (χ0) is 12.8. The number of aromatic nitrogens is 2. The summed E-state index contributed by atoms with van der Waals surface area (Å²) in [5, 5.41) is 11.4. The number of rotatable bonds is 5. The van der Waals surface area contributed by atoms with Gasteiger partial charge in [-0.1, -0.05) is 13.8 Å². The summed E-state index contributed by atoms with van der Waals surface area (Å²) in [5.41, 5.74) is 0.113. The van der Waals surface area contributed by atoms with Gasteiger partial charge in [-0.3, -0.25) is 9.78 Å². The van der Waals surface area contributed by atoms with E-state index in [4.69, 9.17) is 5.11 Å². The quantitative estimate of drug-likeness (QED) is 0.786. The standard InChI is InChI=1S/C11H15N3O3/c1-7(2)5-8(11(16)17)14-10(15)9-6-12-3-4-13-9/h3-4,6-8H,5H2,1-2H3,(H,14,15)(H,16,17). The van der Waals surface area contributed by atoms with Crippen molar-refractivity contribution in [2.75, 3.05) is 0 Å². The van der Waals surface area contributed by atoms with Crippen LogP contribution in [0.3, 0.4) is 0 Å². The minimum atomic E-state index is -1.05. The Morgan fingerprint density at radius 1 is 1.41 bits per heavy atom. The van der Waals surface area contributed by atoms with E-state index in [2.05, 4.69) is 15.3 Å². The van der Waals surface area contributed by atoms with Crippen molar-refractivity contribution in [3.8, 4) is 0 Å². The van der Waals surface area contributed by atoms with E-state index in [0.29, 0.717) is 6.42 Å². The third kappa shape index (κ3) is 4.18. The van der Waals surface area contributed by atoms with E-state index in [0.717, 1.165) is 0 Å². The molecule has 1 unspecified atom stereocenters. The van der Waals surface area contributed by atoms with Gasteiger partial charge in [-0.25, -0.2) is 9.78 Å². The summed E-state index contributed by atoms with van der Waals surface area (Å²) in [5.74, 6) is -1.39. The normalized spacial score (nSPS) is 12.2. The predicted molar refractivity (Wildman–Crippen MR) is 60.4 cm³/mol. The zero-order valence-electron chi connectivity index (χ0n) is 9.75. The molecule has 1 heterocycles. The Bertz CT molecular complexity index is 392. The number of nitrogens with one attached hydrogen (secondary N) is 1. The maximum atomic E-state index is 11.7. The van der Waals surface area contributed by atoms with E-state index in [-0.39, 0.29) is 11.6 Å². The molecule has 1 rings (SSSR count). The molecule has 6 heteroatoms. The molecule has 92 valence electrons. The molecule has 1 atom stereocenters. The lowest BCUT2D eigenvalue weighted by Crippen LogP contribution is -2.41. The molecule has 0 aliphatic carbocycles. The van der Waals surface area contributed by atoms with Crippen LogP contribution in [0, 0.1) is 5.92 Å². The molecule has 6 nitrogen and oxygen atoms in total. The fraction of sp³-hybridized carbons (Fsp3) is 0.455. The molecule has 1 aromatic rings. The van der Waals surface area contributed by atoms with Crippen LogP contribution < -0.4 is 5.32 Å². The van der Waals surface area contributed by atoms with Crippen molar-refractivity contribution in [3.05, 3.63) is 24.3 Å². The molecule has 0 saturated carbocycles. The van der Waals surface area contributed by atoms with Gasteiger partial charge in [0.05, 0.1) is 6.20 Å². The summed E-state index contributed by atoms with van der Waals surface area (Å²) in [4.78, 5) is 30.2. The Balaban J connectivity index is 2.68. The van der Waals surface area contributed by atoms with Gasteiger partial charge in [0.25, 0.3) is 5.91 Å². The molecule has 0 saturated heterocycles. The molecule has 0 fully saturated rings. The second kappa shape index (κ2) is 5.93. The molecular formula is C11H15N3O3. The fourth-order valence-electron chi connectivity index (χ4n) is 1.34. The first-order valence-corrected chi connectivity index (χ1v) is 5.30. The highest BCUT2D eigenvalue weighted by atomic mass is 16.4. The second-order valence-corrected chi connectivity index (χ2v) is 4.08. The predicted octanol–water partition coefficient (Wildman–Crippen LogP) is 0.706. The average molecular weight is 237 g/mol. The van der Waals surface area contributed by atoms with E-state index in [9.17, 15) is 9.59 Å². The van der Waals surface area contributed by atoms with Crippen LogP contribution in [0.25, 0.3) is 0 Å². The molecule has 1 amide bonds. The smallest absolute Gasteiger partial charge is 0.326 e. The summed E-state index contributed by atoms with van der Waals surface area (Å²) in [6.07, 6.45) is 4.50. The van der Waals surface area contributed by atoms with Crippen molar-refractivity contribution >= 4 is 11.9 Å². The number of nitrogens with zero attached hydrogens (tertiary/aromatic N) is 2. The van der Waals surface area contributed by atoms with Crippen LogP contribution in [-0.2, 0) is 4.79 Å². The van der Waals surface area contributed by atoms with Gasteiger partial charge >= 0.3 is 5.97 Å². The SMILES string of the molecule is CC(C)CC(NC(=O)c1cnccn1)C(=O)O. The van der Waals surface area contributed by atoms with Crippen molar-refractivity contribution in [2.24, 2.45) is 5.92 Å². The molecule has 0 spiro atoms. The van der Waals surface area contributed by atoms with E-state index >= 15 is 0 Å². The Labute approximate surface area is 99.1 Å². The van der Waals surface area contributed by atoms with E-state index in [1.807, 2.05) is 13.8 Å². The minimum absolute atomic E-state index is 0.113. The van der Waals surface area contributed by atoms with Crippen LogP contribution >= 0.6 is 0 Å². The van der Waals surface area contributed by atoms with Gasteiger partial charge in [-0.2, -0.15) is 0 Å². The Hall–Kier alpha value is -1.98.